The van der Waals surface area contributed by atoms with Crippen LogP contribution >= 0.6 is 0 Å². The Morgan fingerprint density at radius 2 is 1.65 bits per heavy atom. The van der Waals surface area contributed by atoms with Crippen LogP contribution in [0.3, 0.4) is 0 Å². The van der Waals surface area contributed by atoms with Gasteiger partial charge in [0.2, 0.25) is 0 Å². The van der Waals surface area contributed by atoms with Crippen molar-refractivity contribution in [1.29, 1.82) is 0 Å². The first kappa shape index (κ1) is 18.0. The topological polar surface area (TPSA) is 47.5 Å². The van der Waals surface area contributed by atoms with Gasteiger partial charge in [-0.2, -0.15) is 0 Å². The third-order valence-corrected chi connectivity index (χ3v) is 5.89. The van der Waals surface area contributed by atoms with Gasteiger partial charge in [-0.25, -0.2) is 13.9 Å². The average molecular weight is 409 g/mol. The molecule has 0 unspecified atom stereocenters. The van der Waals surface area contributed by atoms with Crippen LogP contribution in [-0.2, 0) is 5.41 Å². The monoisotopic (exact) mass is 409 g/mol. The highest BCUT2D eigenvalue weighted by Crippen LogP contribution is 2.35. The Morgan fingerprint density at radius 1 is 0.871 bits per heavy atom. The molecule has 2 aromatic carbocycles. The van der Waals surface area contributed by atoms with E-state index in [0.29, 0.717) is 5.65 Å². The minimum absolute atomic E-state index is 0.0652. The number of benzene rings is 2. The van der Waals surface area contributed by atoms with E-state index >= 15 is 0 Å². The predicted molar refractivity (Wildman–Crippen MR) is 121 cm³/mol. The zero-order valence-corrected chi connectivity index (χ0v) is 17.5. The largest absolute Gasteiger partial charge is 0.295 e. The van der Waals surface area contributed by atoms with Gasteiger partial charge in [0.05, 0.1) is 5.52 Å². The Morgan fingerprint density at radius 3 is 2.42 bits per heavy atom. The second-order valence-electron chi connectivity index (χ2n) is 8.93. The highest BCUT2D eigenvalue weighted by molar-refractivity contribution is 6.13. The molecule has 6 aromatic rings. The third-order valence-electron chi connectivity index (χ3n) is 5.89. The molecule has 0 saturated heterocycles. The lowest BCUT2D eigenvalue weighted by Crippen LogP contribution is -2.10. The zero-order valence-electron chi connectivity index (χ0n) is 17.5. The minimum atomic E-state index is -0.318. The molecule has 152 valence electrons. The van der Waals surface area contributed by atoms with Gasteiger partial charge in [-0.3, -0.25) is 4.40 Å². The van der Waals surface area contributed by atoms with Crippen molar-refractivity contribution in [2.24, 2.45) is 0 Å². The maximum Gasteiger partial charge on any atom is 0.139 e. The van der Waals surface area contributed by atoms with Crippen LogP contribution in [0.2, 0.25) is 0 Å². The molecule has 0 saturated carbocycles. The number of hydrogen-bond donors (Lipinski definition) is 0. The Labute approximate surface area is 177 Å². The molecule has 6 heteroatoms. The number of imidazole rings is 1. The molecule has 0 radical (unpaired) electrons. The van der Waals surface area contributed by atoms with E-state index < -0.39 is 0 Å². The minimum Gasteiger partial charge on any atom is -0.295 e. The number of rotatable bonds is 1. The van der Waals surface area contributed by atoms with Gasteiger partial charge in [0.1, 0.15) is 33.7 Å². The summed E-state index contributed by atoms with van der Waals surface area (Å²) in [6.07, 6.45) is 1.47. The van der Waals surface area contributed by atoms with E-state index in [0.717, 1.165) is 38.7 Å². The number of halogens is 1. The summed E-state index contributed by atoms with van der Waals surface area (Å²) in [5.41, 5.74) is 7.06. The molecule has 6 rings (SSSR count). The van der Waals surface area contributed by atoms with Gasteiger partial charge in [0, 0.05) is 17.1 Å². The van der Waals surface area contributed by atoms with E-state index in [1.807, 2.05) is 28.8 Å². The molecule has 0 aliphatic rings. The van der Waals surface area contributed by atoms with E-state index in [4.69, 9.17) is 4.98 Å². The fourth-order valence-electron chi connectivity index (χ4n) is 4.28. The van der Waals surface area contributed by atoms with Crippen molar-refractivity contribution in [2.45, 2.75) is 26.2 Å². The summed E-state index contributed by atoms with van der Waals surface area (Å²) in [7, 11) is 0. The van der Waals surface area contributed by atoms with Crippen LogP contribution in [0.15, 0.2) is 66.9 Å². The van der Waals surface area contributed by atoms with Gasteiger partial charge in [-0.1, -0.05) is 68.4 Å². The van der Waals surface area contributed by atoms with Crippen LogP contribution in [0.25, 0.3) is 44.4 Å². The third kappa shape index (κ3) is 2.57. The quantitative estimate of drug-likeness (QED) is 0.345. The molecule has 0 atom stereocenters. The number of fused-ring (bicyclic) bond motifs is 8. The van der Waals surface area contributed by atoms with E-state index in [1.54, 1.807) is 10.5 Å². The first-order valence-electron chi connectivity index (χ1n) is 10.3. The maximum atomic E-state index is 14.2. The van der Waals surface area contributed by atoms with Crippen molar-refractivity contribution >= 4 is 33.1 Å². The van der Waals surface area contributed by atoms with Gasteiger partial charge < -0.3 is 0 Å². The van der Waals surface area contributed by atoms with Crippen LogP contribution in [0.5, 0.6) is 0 Å². The van der Waals surface area contributed by atoms with Crippen LogP contribution in [-0.4, -0.2) is 24.2 Å². The average Bonchev–Trinajstić information content (AvgIpc) is 3.35. The molecule has 0 bridgehead atoms. The van der Waals surface area contributed by atoms with E-state index in [1.165, 1.54) is 17.8 Å². The number of aromatic nitrogens is 5. The molecule has 31 heavy (non-hydrogen) atoms. The number of nitrogens with zero attached hydrogens (tertiary/aromatic N) is 5. The number of pyridine rings is 2. The van der Waals surface area contributed by atoms with Crippen LogP contribution in [0.4, 0.5) is 4.39 Å². The van der Waals surface area contributed by atoms with Crippen molar-refractivity contribution in [3.8, 4) is 11.3 Å². The molecule has 0 fully saturated rings. The first-order chi connectivity index (χ1) is 14.9. The molecular weight excluding hydrogens is 389 g/mol. The zero-order chi connectivity index (χ0) is 21.3. The summed E-state index contributed by atoms with van der Waals surface area (Å²) in [5.74, 6) is -0.318. The lowest BCUT2D eigenvalue weighted by Gasteiger charge is -2.18. The predicted octanol–water partition coefficient (Wildman–Crippen LogP) is 5.79. The molecular formula is C25H20FN5. The van der Waals surface area contributed by atoms with Gasteiger partial charge in [0.25, 0.3) is 0 Å². The number of hydrogen-bond acceptors (Lipinski definition) is 3. The second kappa shape index (κ2) is 6.11. The summed E-state index contributed by atoms with van der Waals surface area (Å²) < 4.78 is 17.8. The van der Waals surface area contributed by atoms with Crippen LogP contribution in [0, 0.1) is 5.82 Å². The maximum absolute atomic E-state index is 14.2. The molecule has 4 aromatic heterocycles. The lowest BCUT2D eigenvalue weighted by molar-refractivity contribution is 0.590. The smallest absolute Gasteiger partial charge is 0.139 e. The Bertz CT molecular complexity index is 1620. The summed E-state index contributed by atoms with van der Waals surface area (Å²) in [5, 5.41) is 9.98. The van der Waals surface area contributed by atoms with Gasteiger partial charge >= 0.3 is 0 Å². The molecule has 0 aliphatic carbocycles. The molecule has 0 aliphatic heterocycles. The van der Waals surface area contributed by atoms with Gasteiger partial charge in [-0.05, 0) is 29.2 Å². The molecule has 0 amide bonds. The summed E-state index contributed by atoms with van der Waals surface area (Å²) >= 11 is 0. The Balaban J connectivity index is 1.77. The van der Waals surface area contributed by atoms with Crippen molar-refractivity contribution < 1.29 is 4.39 Å². The van der Waals surface area contributed by atoms with Crippen molar-refractivity contribution in [2.75, 3.05) is 0 Å². The van der Waals surface area contributed by atoms with E-state index in [9.17, 15) is 4.39 Å². The highest BCUT2D eigenvalue weighted by Gasteiger charge is 2.21. The molecule has 4 heterocycles. The normalized spacial score (nSPS) is 12.5. The van der Waals surface area contributed by atoms with Crippen molar-refractivity contribution in [1.82, 2.24) is 24.2 Å². The van der Waals surface area contributed by atoms with E-state index in [-0.39, 0.29) is 11.2 Å². The standard InChI is InChI=1S/C25H20FN5/c1-25(2,3)16-10-8-15(9-11-16)21-24-23-22(27-20-13-12-17(26)14-30(20)23)18-6-4-5-7-19(18)31(24)29-28-21/h4-14H,1-3H3. The lowest BCUT2D eigenvalue weighted by atomic mass is 9.86. The van der Waals surface area contributed by atoms with Crippen LogP contribution < -0.4 is 0 Å². The fourth-order valence-corrected chi connectivity index (χ4v) is 4.28. The van der Waals surface area contributed by atoms with Gasteiger partial charge in [0.15, 0.2) is 0 Å². The van der Waals surface area contributed by atoms with Gasteiger partial charge in [-0.15, -0.1) is 5.10 Å². The second-order valence-corrected chi connectivity index (χ2v) is 8.93. The van der Waals surface area contributed by atoms with E-state index in [2.05, 4.69) is 55.3 Å². The number of para-hydroxylation sites is 1. The molecule has 5 nitrogen and oxygen atoms in total. The summed E-state index contributed by atoms with van der Waals surface area (Å²) in [6, 6.07) is 19.5. The summed E-state index contributed by atoms with van der Waals surface area (Å²) in [4.78, 5) is 4.82. The fraction of sp³-hybridized carbons (Fsp3) is 0.160. The van der Waals surface area contributed by atoms with Crippen molar-refractivity contribution in [3.63, 3.8) is 0 Å². The molecule has 0 spiro atoms. The molecule has 0 N–H and O–H groups in total. The summed E-state index contributed by atoms with van der Waals surface area (Å²) in [6.45, 7) is 6.58. The highest BCUT2D eigenvalue weighted by atomic mass is 19.1. The van der Waals surface area contributed by atoms with Crippen LogP contribution in [0.1, 0.15) is 26.3 Å². The Kier molecular flexibility index (Phi) is 3.55. The SMILES string of the molecule is CC(C)(C)c1ccc(-c2nnn3c4ccccc4c4nc5ccc(F)cn5c4c23)cc1. The Hall–Kier alpha value is -3.80. The van der Waals surface area contributed by atoms with Crippen molar-refractivity contribution in [3.05, 3.63) is 78.2 Å². The first-order valence-corrected chi connectivity index (χ1v) is 10.3.